The van der Waals surface area contributed by atoms with Crippen LogP contribution < -0.4 is 10.1 Å². The largest absolute Gasteiger partial charge is 0.494 e. The predicted octanol–water partition coefficient (Wildman–Crippen LogP) is 2.88. The Balaban J connectivity index is 1.90. The molecule has 5 heteroatoms. The highest BCUT2D eigenvalue weighted by molar-refractivity contribution is 5.78. The molecule has 122 valence electrons. The average molecular weight is 317 g/mol. The number of amides is 1. The lowest BCUT2D eigenvalue weighted by Gasteiger charge is -2.16. The lowest BCUT2D eigenvalue weighted by atomic mass is 10.1. The highest BCUT2D eigenvalue weighted by Gasteiger charge is 2.12. The van der Waals surface area contributed by atoms with E-state index in [0.29, 0.717) is 12.1 Å². The summed E-state index contributed by atoms with van der Waals surface area (Å²) in [6, 6.07) is 14.1. The third-order valence-corrected chi connectivity index (χ3v) is 3.52. The second-order valence-corrected chi connectivity index (χ2v) is 5.08. The fraction of sp³-hybridized carbons (Fsp3) is 0.278. The number of ether oxygens (including phenoxy) is 2. The summed E-state index contributed by atoms with van der Waals surface area (Å²) in [7, 11) is 3.00. The van der Waals surface area contributed by atoms with E-state index in [2.05, 4.69) is 5.32 Å². The zero-order valence-electron chi connectivity index (χ0n) is 13.2. The van der Waals surface area contributed by atoms with E-state index >= 15 is 0 Å². The molecular formula is C18H20FNO3. The molecule has 1 atom stereocenters. The number of halogens is 1. The Morgan fingerprint density at radius 1 is 1.17 bits per heavy atom. The van der Waals surface area contributed by atoms with Gasteiger partial charge in [0.1, 0.15) is 0 Å². The third-order valence-electron chi connectivity index (χ3n) is 3.52. The summed E-state index contributed by atoms with van der Waals surface area (Å²) in [6.45, 7) is 0.359. The van der Waals surface area contributed by atoms with Gasteiger partial charge in [0.25, 0.3) is 0 Å². The van der Waals surface area contributed by atoms with Crippen molar-refractivity contribution < 1.29 is 18.7 Å². The van der Waals surface area contributed by atoms with Crippen LogP contribution in [0.2, 0.25) is 0 Å². The van der Waals surface area contributed by atoms with Crippen molar-refractivity contribution in [3.63, 3.8) is 0 Å². The van der Waals surface area contributed by atoms with Crippen molar-refractivity contribution >= 4 is 5.91 Å². The van der Waals surface area contributed by atoms with Gasteiger partial charge in [0.15, 0.2) is 11.6 Å². The molecule has 0 saturated carbocycles. The summed E-state index contributed by atoms with van der Waals surface area (Å²) in [5.74, 6) is -0.498. The van der Waals surface area contributed by atoms with Gasteiger partial charge in [-0.2, -0.15) is 0 Å². The van der Waals surface area contributed by atoms with Crippen LogP contribution in [0.5, 0.6) is 5.75 Å². The van der Waals surface area contributed by atoms with Crippen molar-refractivity contribution in [2.45, 2.75) is 12.5 Å². The molecule has 1 N–H and O–H groups in total. The van der Waals surface area contributed by atoms with Gasteiger partial charge >= 0.3 is 0 Å². The van der Waals surface area contributed by atoms with Gasteiger partial charge in [-0.1, -0.05) is 36.4 Å². The number of carbonyl (C=O) groups excluding carboxylic acids is 1. The van der Waals surface area contributed by atoms with Gasteiger partial charge in [0, 0.05) is 13.7 Å². The van der Waals surface area contributed by atoms with Gasteiger partial charge in [0.05, 0.1) is 19.6 Å². The number of carbonyl (C=O) groups is 1. The van der Waals surface area contributed by atoms with Crippen molar-refractivity contribution in [1.29, 1.82) is 0 Å². The maximum Gasteiger partial charge on any atom is 0.224 e. The summed E-state index contributed by atoms with van der Waals surface area (Å²) in [4.78, 5) is 12.0. The van der Waals surface area contributed by atoms with Crippen molar-refractivity contribution in [1.82, 2.24) is 5.32 Å². The Morgan fingerprint density at radius 3 is 2.52 bits per heavy atom. The molecule has 0 radical (unpaired) electrons. The number of rotatable bonds is 7. The molecule has 0 aliphatic heterocycles. The topological polar surface area (TPSA) is 47.6 Å². The predicted molar refractivity (Wildman–Crippen MR) is 85.9 cm³/mol. The van der Waals surface area contributed by atoms with Crippen LogP contribution in [-0.2, 0) is 16.0 Å². The van der Waals surface area contributed by atoms with Crippen LogP contribution in [0.3, 0.4) is 0 Å². The Morgan fingerprint density at radius 2 is 1.91 bits per heavy atom. The van der Waals surface area contributed by atoms with Gasteiger partial charge in [-0.15, -0.1) is 0 Å². The lowest BCUT2D eigenvalue weighted by Crippen LogP contribution is -2.30. The quantitative estimate of drug-likeness (QED) is 0.854. The molecule has 0 saturated heterocycles. The number of hydrogen-bond donors (Lipinski definition) is 1. The van der Waals surface area contributed by atoms with Crippen LogP contribution in [0.25, 0.3) is 0 Å². The summed E-state index contributed by atoms with van der Waals surface area (Å²) in [5.41, 5.74) is 1.58. The van der Waals surface area contributed by atoms with Gasteiger partial charge in [-0.05, 0) is 23.3 Å². The van der Waals surface area contributed by atoms with Crippen LogP contribution in [0, 0.1) is 5.82 Å². The highest BCUT2D eigenvalue weighted by atomic mass is 19.1. The second-order valence-electron chi connectivity index (χ2n) is 5.08. The van der Waals surface area contributed by atoms with Crippen molar-refractivity contribution in [3.05, 3.63) is 65.5 Å². The van der Waals surface area contributed by atoms with Crippen LogP contribution >= 0.6 is 0 Å². The monoisotopic (exact) mass is 317 g/mol. The van der Waals surface area contributed by atoms with E-state index in [9.17, 15) is 9.18 Å². The second kappa shape index (κ2) is 8.29. The molecule has 0 aliphatic carbocycles. The number of benzene rings is 2. The zero-order chi connectivity index (χ0) is 16.7. The van der Waals surface area contributed by atoms with E-state index in [4.69, 9.17) is 9.47 Å². The molecule has 4 nitrogen and oxygen atoms in total. The molecule has 1 unspecified atom stereocenters. The summed E-state index contributed by atoms with van der Waals surface area (Å²) < 4.78 is 23.9. The van der Waals surface area contributed by atoms with Gasteiger partial charge < -0.3 is 14.8 Å². The summed E-state index contributed by atoms with van der Waals surface area (Å²) in [5, 5.41) is 2.81. The zero-order valence-corrected chi connectivity index (χ0v) is 13.2. The molecule has 0 aliphatic rings. The average Bonchev–Trinajstić information content (AvgIpc) is 2.56. The third kappa shape index (κ3) is 4.79. The fourth-order valence-corrected chi connectivity index (χ4v) is 2.28. The van der Waals surface area contributed by atoms with Crippen molar-refractivity contribution in [2.24, 2.45) is 0 Å². The Hall–Kier alpha value is -2.40. The van der Waals surface area contributed by atoms with E-state index in [1.807, 2.05) is 30.3 Å². The van der Waals surface area contributed by atoms with Crippen LogP contribution in [0.1, 0.15) is 17.2 Å². The highest BCUT2D eigenvalue weighted by Crippen LogP contribution is 2.18. The van der Waals surface area contributed by atoms with Gasteiger partial charge in [0.2, 0.25) is 5.91 Å². The Kier molecular flexibility index (Phi) is 6.11. The van der Waals surface area contributed by atoms with Crippen molar-refractivity contribution in [3.8, 4) is 5.75 Å². The molecule has 23 heavy (non-hydrogen) atoms. The van der Waals surface area contributed by atoms with Gasteiger partial charge in [-0.3, -0.25) is 4.79 Å². The molecule has 0 fully saturated rings. The van der Waals surface area contributed by atoms with Crippen LogP contribution in [0.4, 0.5) is 4.39 Å². The van der Waals surface area contributed by atoms with E-state index < -0.39 is 5.82 Å². The number of methoxy groups -OCH3 is 2. The summed E-state index contributed by atoms with van der Waals surface area (Å²) >= 11 is 0. The van der Waals surface area contributed by atoms with E-state index in [0.717, 1.165) is 5.56 Å². The maximum atomic E-state index is 13.6. The van der Waals surface area contributed by atoms with E-state index in [1.165, 1.54) is 19.2 Å². The molecule has 0 heterocycles. The molecule has 2 rings (SSSR count). The first-order valence-electron chi connectivity index (χ1n) is 7.31. The molecular weight excluding hydrogens is 297 g/mol. The molecule has 0 aromatic heterocycles. The van der Waals surface area contributed by atoms with Crippen LogP contribution in [-0.4, -0.2) is 26.7 Å². The SMILES string of the molecule is COc1ccc(CC(=O)NCC(OC)c2ccccc2)cc1F. The molecule has 0 bridgehead atoms. The van der Waals surface area contributed by atoms with Crippen LogP contribution in [0.15, 0.2) is 48.5 Å². The normalized spacial score (nSPS) is 11.8. The minimum Gasteiger partial charge on any atom is -0.494 e. The maximum absolute atomic E-state index is 13.6. The molecule has 0 spiro atoms. The minimum atomic E-state index is -0.475. The standard InChI is InChI=1S/C18H20FNO3/c1-22-16-9-8-13(10-15(16)19)11-18(21)20-12-17(23-2)14-6-4-3-5-7-14/h3-10,17H,11-12H2,1-2H3,(H,20,21). The first-order chi connectivity index (χ1) is 11.1. The summed E-state index contributed by atoms with van der Waals surface area (Å²) in [6.07, 6.45) is -0.112. The van der Waals surface area contributed by atoms with Crippen molar-refractivity contribution in [2.75, 3.05) is 20.8 Å². The molecule has 2 aromatic carbocycles. The Labute approximate surface area is 135 Å². The first-order valence-corrected chi connectivity index (χ1v) is 7.31. The van der Waals surface area contributed by atoms with Gasteiger partial charge in [-0.25, -0.2) is 4.39 Å². The molecule has 2 aromatic rings. The first kappa shape index (κ1) is 17.0. The van der Waals surface area contributed by atoms with E-state index in [-0.39, 0.29) is 24.2 Å². The minimum absolute atomic E-state index is 0.103. The number of hydrogen-bond acceptors (Lipinski definition) is 3. The fourth-order valence-electron chi connectivity index (χ4n) is 2.28. The van der Waals surface area contributed by atoms with E-state index in [1.54, 1.807) is 13.2 Å². The lowest BCUT2D eigenvalue weighted by molar-refractivity contribution is -0.121. The molecule has 1 amide bonds. The number of nitrogens with one attached hydrogen (secondary N) is 1. The smallest absolute Gasteiger partial charge is 0.224 e. The Bertz CT molecular complexity index is 646.